The number of oxime groups is 1. The molecule has 2 N–H and O–H groups in total. The van der Waals surface area contributed by atoms with Crippen LogP contribution in [0.1, 0.15) is 66.7 Å². The van der Waals surface area contributed by atoms with Gasteiger partial charge < -0.3 is 15.1 Å². The van der Waals surface area contributed by atoms with Gasteiger partial charge in [0.15, 0.2) is 0 Å². The summed E-state index contributed by atoms with van der Waals surface area (Å²) >= 11 is 0. The second-order valence-electron chi connectivity index (χ2n) is 10.7. The fourth-order valence-electron chi connectivity index (χ4n) is 7.33. The number of aliphatic hydroxyl groups is 1. The highest BCUT2D eigenvalue weighted by atomic mass is 19.3. The lowest BCUT2D eigenvalue weighted by molar-refractivity contribution is -0.371. The van der Waals surface area contributed by atoms with Gasteiger partial charge >= 0.3 is 0 Å². The van der Waals surface area contributed by atoms with Gasteiger partial charge in [-0.15, -0.1) is 0 Å². The summed E-state index contributed by atoms with van der Waals surface area (Å²) in [5.41, 5.74) is 0.757. The van der Waals surface area contributed by atoms with Crippen molar-refractivity contribution in [1.82, 2.24) is 0 Å². The van der Waals surface area contributed by atoms with Gasteiger partial charge in [0.25, 0.3) is 0 Å². The summed E-state index contributed by atoms with van der Waals surface area (Å²) in [6.45, 7) is 9.67. The number of nitrogens with zero attached hydrogens (tertiary/aromatic N) is 1. The highest BCUT2D eigenvalue weighted by Crippen LogP contribution is 2.68. The van der Waals surface area contributed by atoms with E-state index >= 15 is 0 Å². The summed E-state index contributed by atoms with van der Waals surface area (Å²) in [7, 11) is 0. The Bertz CT molecular complexity index is 777. The molecule has 0 amide bonds. The predicted octanol–water partition coefficient (Wildman–Crippen LogP) is 4.94. The average Bonchev–Trinajstić information content (AvgIpc) is 2.90. The molecule has 0 aromatic heterocycles. The van der Waals surface area contributed by atoms with Gasteiger partial charge in [-0.3, -0.25) is 0 Å². The number of hydrogen-bond donors (Lipinski definition) is 2. The van der Waals surface area contributed by atoms with E-state index in [9.17, 15) is 9.63 Å². The lowest BCUT2D eigenvalue weighted by atomic mass is 9.46. The molecule has 4 aliphatic carbocycles. The second-order valence-corrected chi connectivity index (χ2v) is 10.7. The van der Waals surface area contributed by atoms with Crippen LogP contribution >= 0.6 is 0 Å². The summed E-state index contributed by atoms with van der Waals surface area (Å²) in [6.07, 6.45) is 9.84. The molecule has 4 aliphatic rings. The topological polar surface area (TPSA) is 71.3 Å². The SMILES string of the molecule is CC(C)(OF)O[C@]1(C)CCC2C3CCC4=C/C(=N/O)C=CC4(C)C3C(O)CC21C. The van der Waals surface area contributed by atoms with Gasteiger partial charge in [-0.1, -0.05) is 30.7 Å². The van der Waals surface area contributed by atoms with Crippen molar-refractivity contribution in [2.75, 3.05) is 0 Å². The maximum Gasteiger partial charge on any atom is 0.201 e. The molecule has 0 saturated heterocycles. The Hall–Kier alpha value is -1.24. The zero-order chi connectivity index (χ0) is 21.2. The lowest BCUT2D eigenvalue weighted by Crippen LogP contribution is -2.60. The molecule has 7 atom stereocenters. The Balaban J connectivity index is 1.68. The van der Waals surface area contributed by atoms with Crippen molar-refractivity contribution >= 4 is 5.71 Å². The van der Waals surface area contributed by atoms with E-state index in [2.05, 4.69) is 36.9 Å². The first-order valence-corrected chi connectivity index (χ1v) is 10.8. The average molecular weight is 408 g/mol. The van der Waals surface area contributed by atoms with Crippen molar-refractivity contribution in [2.24, 2.45) is 33.7 Å². The van der Waals surface area contributed by atoms with Crippen LogP contribution in [0.2, 0.25) is 0 Å². The van der Waals surface area contributed by atoms with E-state index in [0.29, 0.717) is 24.0 Å². The van der Waals surface area contributed by atoms with Gasteiger partial charge in [-0.2, -0.15) is 4.94 Å². The minimum absolute atomic E-state index is 0.116. The number of halogens is 1. The first-order chi connectivity index (χ1) is 13.5. The van der Waals surface area contributed by atoms with E-state index in [4.69, 9.17) is 9.94 Å². The predicted molar refractivity (Wildman–Crippen MR) is 108 cm³/mol. The van der Waals surface area contributed by atoms with Crippen molar-refractivity contribution < 1.29 is 24.5 Å². The smallest absolute Gasteiger partial charge is 0.201 e. The zero-order valence-electron chi connectivity index (χ0n) is 18.1. The maximum atomic E-state index is 13.1. The quantitative estimate of drug-likeness (QED) is 0.395. The van der Waals surface area contributed by atoms with Crippen LogP contribution in [-0.2, 0) is 9.68 Å². The third-order valence-electron chi connectivity index (χ3n) is 8.81. The minimum Gasteiger partial charge on any atom is -0.410 e. The number of ether oxygens (including phenoxy) is 1. The van der Waals surface area contributed by atoms with Crippen LogP contribution in [0.3, 0.4) is 0 Å². The molecule has 162 valence electrons. The molecule has 4 rings (SSSR count). The third kappa shape index (κ3) is 2.94. The molecule has 0 spiro atoms. The van der Waals surface area contributed by atoms with Crippen molar-refractivity contribution in [3.63, 3.8) is 0 Å². The first-order valence-electron chi connectivity index (χ1n) is 10.8. The fourth-order valence-corrected chi connectivity index (χ4v) is 7.33. The molecule has 0 bridgehead atoms. The summed E-state index contributed by atoms with van der Waals surface area (Å²) in [5.74, 6) is -0.432. The highest BCUT2D eigenvalue weighted by molar-refractivity contribution is 6.05. The van der Waals surface area contributed by atoms with Gasteiger partial charge in [0, 0.05) is 16.7 Å². The van der Waals surface area contributed by atoms with Crippen LogP contribution in [0.4, 0.5) is 4.53 Å². The van der Waals surface area contributed by atoms with E-state index < -0.39 is 17.5 Å². The van der Waals surface area contributed by atoms with Crippen LogP contribution in [0, 0.1) is 28.6 Å². The van der Waals surface area contributed by atoms with Crippen molar-refractivity contribution in [2.45, 2.75) is 84.2 Å². The second kappa shape index (κ2) is 6.63. The standard InChI is InChI=1S/C23H34FNO4/c1-20(2,29-24)28-23(5)11-9-17-16-7-6-14-12-15(25-27)8-10-21(14,3)19(16)18(26)13-22(17,23)4/h8,10,12,16-19,26-27H,6-7,9,11,13H2,1-5H3/b25-15+/t16?,17?,18?,19?,21?,22?,23-/m1/s1. The molecule has 29 heavy (non-hydrogen) atoms. The van der Waals surface area contributed by atoms with Gasteiger partial charge in [0.05, 0.1) is 11.7 Å². The molecule has 0 heterocycles. The van der Waals surface area contributed by atoms with Crippen molar-refractivity contribution in [3.05, 3.63) is 23.8 Å². The van der Waals surface area contributed by atoms with E-state index in [1.54, 1.807) is 13.8 Å². The van der Waals surface area contributed by atoms with E-state index in [1.807, 2.05) is 12.2 Å². The van der Waals surface area contributed by atoms with Gasteiger partial charge in [0.1, 0.15) is 5.71 Å². The first kappa shape index (κ1) is 21.0. The molecular formula is C23H34FNO4. The number of fused-ring (bicyclic) bond motifs is 5. The molecule has 0 aliphatic heterocycles. The van der Waals surface area contributed by atoms with Gasteiger partial charge in [0.2, 0.25) is 5.79 Å². The number of allylic oxidation sites excluding steroid dienone is 4. The summed E-state index contributed by atoms with van der Waals surface area (Å²) in [6, 6.07) is 0. The third-order valence-corrected chi connectivity index (χ3v) is 8.81. The lowest BCUT2D eigenvalue weighted by Gasteiger charge is -2.60. The monoisotopic (exact) mass is 407 g/mol. The molecule has 6 unspecified atom stereocenters. The Morgan fingerprint density at radius 3 is 2.62 bits per heavy atom. The Labute approximate surface area is 172 Å². The van der Waals surface area contributed by atoms with Crippen LogP contribution in [0.5, 0.6) is 0 Å². The Kier molecular flexibility index (Phi) is 4.80. The molecule has 0 radical (unpaired) electrons. The summed E-state index contributed by atoms with van der Waals surface area (Å²) in [5, 5.41) is 23.9. The molecule has 5 nitrogen and oxygen atoms in total. The Morgan fingerprint density at radius 1 is 1.24 bits per heavy atom. The summed E-state index contributed by atoms with van der Waals surface area (Å²) in [4.78, 5) is 4.10. The molecule has 3 fully saturated rings. The zero-order valence-corrected chi connectivity index (χ0v) is 18.1. The number of rotatable bonds is 3. The van der Waals surface area contributed by atoms with Crippen LogP contribution < -0.4 is 0 Å². The van der Waals surface area contributed by atoms with Gasteiger partial charge in [-0.25, -0.2) is 0 Å². The minimum atomic E-state index is -1.31. The molecule has 0 aromatic rings. The van der Waals surface area contributed by atoms with Gasteiger partial charge in [-0.05, 0) is 81.4 Å². The van der Waals surface area contributed by atoms with E-state index in [1.165, 1.54) is 5.57 Å². The summed E-state index contributed by atoms with van der Waals surface area (Å²) < 4.78 is 19.3. The normalized spacial score (nSPS) is 48.1. The number of hydrogen-bond acceptors (Lipinski definition) is 5. The molecule has 3 saturated carbocycles. The van der Waals surface area contributed by atoms with Crippen molar-refractivity contribution in [1.29, 1.82) is 0 Å². The van der Waals surface area contributed by atoms with Crippen LogP contribution in [0.25, 0.3) is 0 Å². The van der Waals surface area contributed by atoms with E-state index in [0.717, 1.165) is 25.7 Å². The van der Waals surface area contributed by atoms with Crippen molar-refractivity contribution in [3.8, 4) is 0 Å². The molecule has 0 aromatic carbocycles. The van der Waals surface area contributed by atoms with Crippen LogP contribution in [0.15, 0.2) is 29.0 Å². The van der Waals surface area contributed by atoms with E-state index in [-0.39, 0.29) is 16.7 Å². The van der Waals surface area contributed by atoms with Crippen LogP contribution in [-0.4, -0.2) is 33.5 Å². The molecular weight excluding hydrogens is 373 g/mol. The maximum absolute atomic E-state index is 13.1. The number of aliphatic hydroxyl groups excluding tert-OH is 1. The fraction of sp³-hybridized carbons (Fsp3) is 0.783. The largest absolute Gasteiger partial charge is 0.410 e. The Morgan fingerprint density at radius 2 is 1.97 bits per heavy atom. The highest BCUT2D eigenvalue weighted by Gasteiger charge is 2.66. The molecule has 6 heteroatoms.